The summed E-state index contributed by atoms with van der Waals surface area (Å²) in [5.74, 6) is 1.78. The number of hydrogen-bond donors (Lipinski definition) is 1. The van der Waals surface area contributed by atoms with Crippen LogP contribution in [0.3, 0.4) is 0 Å². The van der Waals surface area contributed by atoms with Gasteiger partial charge < -0.3 is 14.8 Å². The van der Waals surface area contributed by atoms with Crippen LogP contribution in [-0.2, 0) is 0 Å². The van der Waals surface area contributed by atoms with Crippen LogP contribution in [0.15, 0.2) is 18.2 Å². The van der Waals surface area contributed by atoms with Gasteiger partial charge in [-0.25, -0.2) is 0 Å². The van der Waals surface area contributed by atoms with Crippen LogP contribution in [0.5, 0.6) is 11.5 Å². The molecule has 1 saturated carbocycles. The highest BCUT2D eigenvalue weighted by molar-refractivity contribution is 5.45. The van der Waals surface area contributed by atoms with Crippen LogP contribution in [0.25, 0.3) is 0 Å². The van der Waals surface area contributed by atoms with E-state index < -0.39 is 0 Å². The van der Waals surface area contributed by atoms with Crippen molar-refractivity contribution in [1.82, 2.24) is 5.32 Å². The lowest BCUT2D eigenvalue weighted by Gasteiger charge is -2.35. The van der Waals surface area contributed by atoms with E-state index in [1.165, 1.54) is 31.2 Å². The molecule has 0 bridgehead atoms. The van der Waals surface area contributed by atoms with E-state index in [1.54, 1.807) is 0 Å². The summed E-state index contributed by atoms with van der Waals surface area (Å²) in [4.78, 5) is 0. The van der Waals surface area contributed by atoms with E-state index in [0.29, 0.717) is 24.7 Å². The van der Waals surface area contributed by atoms with Gasteiger partial charge in [0.2, 0.25) is 0 Å². The molecule has 3 heteroatoms. The number of fused-ring (bicyclic) bond motifs is 1. The van der Waals surface area contributed by atoms with Crippen molar-refractivity contribution in [2.24, 2.45) is 5.41 Å². The third kappa shape index (κ3) is 2.51. The Bertz CT molecular complexity index is 466. The van der Waals surface area contributed by atoms with Crippen molar-refractivity contribution in [3.63, 3.8) is 0 Å². The van der Waals surface area contributed by atoms with E-state index in [0.717, 1.165) is 18.0 Å². The standard InChI is InChI=1S/C17H25NO2/c1-3-18-16(17(2)8-4-5-9-17)13-6-7-14-15(12-13)20-11-10-19-14/h6-7,12,16,18H,3-5,8-11H2,1-2H3. The minimum absolute atomic E-state index is 0.361. The highest BCUT2D eigenvalue weighted by Crippen LogP contribution is 2.48. The Kier molecular flexibility index (Phi) is 3.88. The average molecular weight is 275 g/mol. The van der Waals surface area contributed by atoms with Gasteiger partial charge in [0.25, 0.3) is 0 Å². The number of benzene rings is 1. The molecule has 0 spiro atoms. The van der Waals surface area contributed by atoms with Crippen molar-refractivity contribution >= 4 is 0 Å². The van der Waals surface area contributed by atoms with Gasteiger partial charge in [0.05, 0.1) is 0 Å². The summed E-state index contributed by atoms with van der Waals surface area (Å²) in [6.45, 7) is 6.91. The first-order valence-electron chi connectivity index (χ1n) is 7.86. The van der Waals surface area contributed by atoms with Crippen LogP contribution in [0.4, 0.5) is 0 Å². The van der Waals surface area contributed by atoms with Crippen molar-refractivity contribution in [3.8, 4) is 11.5 Å². The fourth-order valence-corrected chi connectivity index (χ4v) is 3.68. The van der Waals surface area contributed by atoms with Gasteiger partial charge in [0, 0.05) is 6.04 Å². The summed E-state index contributed by atoms with van der Waals surface area (Å²) in [6, 6.07) is 6.84. The van der Waals surface area contributed by atoms with Gasteiger partial charge in [-0.2, -0.15) is 0 Å². The maximum atomic E-state index is 5.74. The van der Waals surface area contributed by atoms with Crippen LogP contribution in [0.1, 0.15) is 51.1 Å². The Morgan fingerprint density at radius 1 is 1.15 bits per heavy atom. The van der Waals surface area contributed by atoms with E-state index >= 15 is 0 Å². The smallest absolute Gasteiger partial charge is 0.161 e. The molecule has 3 nitrogen and oxygen atoms in total. The van der Waals surface area contributed by atoms with Crippen LogP contribution >= 0.6 is 0 Å². The topological polar surface area (TPSA) is 30.5 Å². The predicted octanol–water partition coefficient (Wildman–Crippen LogP) is 3.69. The average Bonchev–Trinajstić information content (AvgIpc) is 2.92. The van der Waals surface area contributed by atoms with E-state index in [9.17, 15) is 0 Å². The van der Waals surface area contributed by atoms with Gasteiger partial charge in [-0.1, -0.05) is 32.8 Å². The van der Waals surface area contributed by atoms with E-state index in [2.05, 4.69) is 37.4 Å². The van der Waals surface area contributed by atoms with E-state index in [1.807, 2.05) is 0 Å². The molecule has 1 aliphatic carbocycles. The second-order valence-electron chi connectivity index (χ2n) is 6.25. The number of ether oxygens (including phenoxy) is 2. The number of hydrogen-bond acceptors (Lipinski definition) is 3. The van der Waals surface area contributed by atoms with Gasteiger partial charge in [0.15, 0.2) is 11.5 Å². The molecule has 1 N–H and O–H groups in total. The summed E-state index contributed by atoms with van der Waals surface area (Å²) in [5, 5.41) is 3.69. The van der Waals surface area contributed by atoms with E-state index in [4.69, 9.17) is 9.47 Å². The molecule has 20 heavy (non-hydrogen) atoms. The first-order valence-corrected chi connectivity index (χ1v) is 7.86. The molecule has 1 aliphatic heterocycles. The zero-order valence-corrected chi connectivity index (χ0v) is 12.6. The highest BCUT2D eigenvalue weighted by Gasteiger charge is 2.37. The van der Waals surface area contributed by atoms with Gasteiger partial charge in [-0.05, 0) is 42.5 Å². The fraction of sp³-hybridized carbons (Fsp3) is 0.647. The summed E-state index contributed by atoms with van der Waals surface area (Å²) in [7, 11) is 0. The Morgan fingerprint density at radius 3 is 2.55 bits per heavy atom. The fourth-order valence-electron chi connectivity index (χ4n) is 3.68. The van der Waals surface area contributed by atoms with Crippen molar-refractivity contribution in [2.75, 3.05) is 19.8 Å². The second kappa shape index (κ2) is 5.65. The second-order valence-corrected chi connectivity index (χ2v) is 6.25. The Hall–Kier alpha value is -1.22. The van der Waals surface area contributed by atoms with Crippen molar-refractivity contribution in [1.29, 1.82) is 0 Å². The lowest BCUT2D eigenvalue weighted by molar-refractivity contribution is 0.170. The number of nitrogens with one attached hydrogen (secondary N) is 1. The third-order valence-electron chi connectivity index (χ3n) is 4.75. The summed E-state index contributed by atoms with van der Waals surface area (Å²) >= 11 is 0. The van der Waals surface area contributed by atoms with Crippen LogP contribution in [-0.4, -0.2) is 19.8 Å². The maximum Gasteiger partial charge on any atom is 0.161 e. The number of rotatable bonds is 4. The largest absolute Gasteiger partial charge is 0.486 e. The van der Waals surface area contributed by atoms with Gasteiger partial charge in [-0.3, -0.25) is 0 Å². The molecule has 1 aromatic carbocycles. The normalized spacial score (nSPS) is 21.7. The van der Waals surface area contributed by atoms with Gasteiger partial charge >= 0.3 is 0 Å². The minimum Gasteiger partial charge on any atom is -0.486 e. The summed E-state index contributed by atoms with van der Waals surface area (Å²) < 4.78 is 11.4. The molecule has 0 radical (unpaired) electrons. The third-order valence-corrected chi connectivity index (χ3v) is 4.75. The molecule has 1 aromatic rings. The van der Waals surface area contributed by atoms with Crippen LogP contribution in [0.2, 0.25) is 0 Å². The molecule has 1 unspecified atom stereocenters. The summed E-state index contributed by atoms with van der Waals surface area (Å²) in [5.41, 5.74) is 1.69. The molecule has 0 amide bonds. The molecule has 1 fully saturated rings. The molecule has 110 valence electrons. The minimum atomic E-state index is 0.361. The zero-order valence-electron chi connectivity index (χ0n) is 12.6. The van der Waals surface area contributed by atoms with Crippen molar-refractivity contribution < 1.29 is 9.47 Å². The predicted molar refractivity (Wildman–Crippen MR) is 80.4 cm³/mol. The zero-order chi connectivity index (χ0) is 14.0. The highest BCUT2D eigenvalue weighted by atomic mass is 16.6. The lowest BCUT2D eigenvalue weighted by atomic mass is 9.77. The van der Waals surface area contributed by atoms with Crippen LogP contribution in [0, 0.1) is 5.41 Å². The van der Waals surface area contributed by atoms with Crippen LogP contribution < -0.4 is 14.8 Å². The molecular weight excluding hydrogens is 250 g/mol. The molecule has 1 heterocycles. The van der Waals surface area contributed by atoms with Crippen molar-refractivity contribution in [2.45, 2.75) is 45.6 Å². The molecular formula is C17H25NO2. The Labute approximate surface area is 121 Å². The molecule has 2 aliphatic rings. The van der Waals surface area contributed by atoms with E-state index in [-0.39, 0.29) is 0 Å². The van der Waals surface area contributed by atoms with Crippen molar-refractivity contribution in [3.05, 3.63) is 23.8 Å². The lowest BCUT2D eigenvalue weighted by Crippen LogP contribution is -2.34. The Balaban J connectivity index is 1.91. The van der Waals surface area contributed by atoms with Gasteiger partial charge in [0.1, 0.15) is 13.2 Å². The first kappa shape index (κ1) is 13.7. The molecule has 0 saturated heterocycles. The maximum absolute atomic E-state index is 5.74. The Morgan fingerprint density at radius 2 is 1.85 bits per heavy atom. The molecule has 1 atom stereocenters. The monoisotopic (exact) mass is 275 g/mol. The SMILES string of the molecule is CCNC(c1ccc2c(c1)OCCO2)C1(C)CCCC1. The van der Waals surface area contributed by atoms with Gasteiger partial charge in [-0.15, -0.1) is 0 Å². The first-order chi connectivity index (χ1) is 9.73. The summed E-state index contributed by atoms with van der Waals surface area (Å²) in [6.07, 6.45) is 5.31. The molecule has 0 aromatic heterocycles. The molecule has 3 rings (SSSR count). The quantitative estimate of drug-likeness (QED) is 0.909.